The van der Waals surface area contributed by atoms with Crippen LogP contribution in [0, 0.1) is 5.92 Å². The Morgan fingerprint density at radius 2 is 2.00 bits per heavy atom. The van der Waals surface area contributed by atoms with E-state index in [4.69, 9.17) is 16.3 Å². The first-order valence-corrected chi connectivity index (χ1v) is 11.0. The van der Waals surface area contributed by atoms with Crippen LogP contribution >= 0.6 is 11.6 Å². The van der Waals surface area contributed by atoms with Gasteiger partial charge in [-0.25, -0.2) is 8.42 Å². The number of hydrogen-bond donors (Lipinski definition) is 0. The van der Waals surface area contributed by atoms with Gasteiger partial charge in [-0.3, -0.25) is 4.79 Å². The Labute approximate surface area is 157 Å². The molecular formula is C19H20ClNO4S. The van der Waals surface area contributed by atoms with Gasteiger partial charge >= 0.3 is 0 Å². The summed E-state index contributed by atoms with van der Waals surface area (Å²) >= 11 is 6.09. The summed E-state index contributed by atoms with van der Waals surface area (Å²) in [5.74, 6) is 1.34. The molecular weight excluding hydrogens is 374 g/mol. The van der Waals surface area contributed by atoms with Gasteiger partial charge in [0.25, 0.3) is 5.56 Å². The van der Waals surface area contributed by atoms with Crippen molar-refractivity contribution in [3.63, 3.8) is 0 Å². The maximum Gasteiger partial charge on any atom is 0.269 e. The first kappa shape index (κ1) is 17.6. The minimum absolute atomic E-state index is 0.0269. The van der Waals surface area contributed by atoms with Crippen LogP contribution in [0.25, 0.3) is 11.1 Å². The summed E-state index contributed by atoms with van der Waals surface area (Å²) < 4.78 is 31.2. The summed E-state index contributed by atoms with van der Waals surface area (Å²) in [6.45, 7) is 0. The summed E-state index contributed by atoms with van der Waals surface area (Å²) in [7, 11) is -1.51. The molecule has 0 bridgehead atoms. The summed E-state index contributed by atoms with van der Waals surface area (Å²) in [6, 6.07) is 5.40. The molecule has 1 fully saturated rings. The SMILES string of the molecule is Cn1cc(-c2cc(CS(C)(=O)=O)cc3c2OC(C2CC2)C3)cc(Cl)c1=O. The van der Waals surface area contributed by atoms with Crippen molar-refractivity contribution < 1.29 is 13.2 Å². The van der Waals surface area contributed by atoms with Crippen LogP contribution in [0.1, 0.15) is 24.0 Å². The normalized spacial score (nSPS) is 19.3. The highest BCUT2D eigenvalue weighted by Gasteiger charge is 2.38. The first-order valence-electron chi connectivity index (χ1n) is 8.58. The van der Waals surface area contributed by atoms with Gasteiger partial charge in [0.2, 0.25) is 0 Å². The molecule has 1 aliphatic heterocycles. The molecule has 1 saturated carbocycles. The number of halogens is 1. The predicted molar refractivity (Wildman–Crippen MR) is 102 cm³/mol. The van der Waals surface area contributed by atoms with Crippen molar-refractivity contribution in [1.29, 1.82) is 0 Å². The van der Waals surface area contributed by atoms with E-state index in [1.165, 1.54) is 23.7 Å². The highest BCUT2D eigenvalue weighted by atomic mass is 35.5. The van der Waals surface area contributed by atoms with Crippen molar-refractivity contribution >= 4 is 21.4 Å². The molecule has 1 unspecified atom stereocenters. The second kappa shape index (κ2) is 6.13. The summed E-state index contributed by atoms with van der Waals surface area (Å²) in [5.41, 5.74) is 3.03. The second-order valence-corrected chi connectivity index (χ2v) is 9.94. The molecule has 7 heteroatoms. The number of aromatic nitrogens is 1. The third-order valence-electron chi connectivity index (χ3n) is 4.94. The maximum atomic E-state index is 11.9. The van der Waals surface area contributed by atoms with Crippen LogP contribution in [-0.2, 0) is 29.1 Å². The van der Waals surface area contributed by atoms with E-state index in [-0.39, 0.29) is 22.4 Å². The molecule has 0 amide bonds. The van der Waals surface area contributed by atoms with Gasteiger partial charge in [0.15, 0.2) is 9.84 Å². The van der Waals surface area contributed by atoms with Crippen molar-refractivity contribution in [2.45, 2.75) is 31.1 Å². The van der Waals surface area contributed by atoms with Gasteiger partial charge in [0.05, 0.1) is 5.75 Å². The number of ether oxygens (including phenoxy) is 1. The number of benzene rings is 1. The van der Waals surface area contributed by atoms with E-state index in [9.17, 15) is 13.2 Å². The van der Waals surface area contributed by atoms with E-state index in [0.29, 0.717) is 5.92 Å². The molecule has 0 N–H and O–H groups in total. The Hall–Kier alpha value is -1.79. The average molecular weight is 394 g/mol. The van der Waals surface area contributed by atoms with Gasteiger partial charge in [-0.2, -0.15) is 0 Å². The van der Waals surface area contributed by atoms with Crippen LogP contribution in [0.5, 0.6) is 5.75 Å². The summed E-state index contributed by atoms with van der Waals surface area (Å²) in [5, 5.41) is 0.129. The van der Waals surface area contributed by atoms with Crippen LogP contribution < -0.4 is 10.3 Å². The van der Waals surface area contributed by atoms with E-state index in [2.05, 4.69) is 0 Å². The quantitative estimate of drug-likeness (QED) is 0.801. The lowest BCUT2D eigenvalue weighted by Crippen LogP contribution is -2.16. The standard InChI is InChI=1S/C19H20ClNO4S/c1-21-9-14(7-16(20)19(21)22)15-6-11(10-26(2,23)24)5-13-8-17(12-3-4-12)25-18(13)15/h5-7,9,12,17H,3-4,8,10H2,1-2H3. The van der Waals surface area contributed by atoms with E-state index in [1.807, 2.05) is 12.1 Å². The summed E-state index contributed by atoms with van der Waals surface area (Å²) in [6.07, 6.45) is 6.24. The lowest BCUT2D eigenvalue weighted by atomic mass is 9.98. The summed E-state index contributed by atoms with van der Waals surface area (Å²) in [4.78, 5) is 11.9. The monoisotopic (exact) mass is 393 g/mol. The van der Waals surface area contributed by atoms with E-state index in [1.54, 1.807) is 19.3 Å². The molecule has 26 heavy (non-hydrogen) atoms. The molecule has 5 nitrogen and oxygen atoms in total. The van der Waals surface area contributed by atoms with E-state index in [0.717, 1.165) is 34.4 Å². The topological polar surface area (TPSA) is 65.4 Å². The number of nitrogens with zero attached hydrogens (tertiary/aromatic N) is 1. The molecule has 1 aliphatic carbocycles. The molecule has 4 rings (SSSR count). The number of fused-ring (bicyclic) bond motifs is 1. The fraction of sp³-hybridized carbons (Fsp3) is 0.421. The molecule has 1 aromatic heterocycles. The minimum atomic E-state index is -3.16. The molecule has 1 atom stereocenters. The number of aryl methyl sites for hydroxylation is 1. The highest BCUT2D eigenvalue weighted by molar-refractivity contribution is 7.89. The molecule has 1 aromatic carbocycles. The third kappa shape index (κ3) is 3.40. The van der Waals surface area contributed by atoms with Crippen LogP contribution in [0.15, 0.2) is 29.2 Å². The zero-order valence-electron chi connectivity index (χ0n) is 14.7. The van der Waals surface area contributed by atoms with Gasteiger partial charge in [-0.15, -0.1) is 0 Å². The lowest BCUT2D eigenvalue weighted by Gasteiger charge is -2.14. The molecule has 0 spiro atoms. The smallest absolute Gasteiger partial charge is 0.269 e. The third-order valence-corrected chi connectivity index (χ3v) is 6.07. The van der Waals surface area contributed by atoms with Gasteiger partial charge in [-0.05, 0) is 42.0 Å². The predicted octanol–water partition coefficient (Wildman–Crippen LogP) is 2.96. The minimum Gasteiger partial charge on any atom is -0.489 e. The van der Waals surface area contributed by atoms with Gasteiger partial charge in [0, 0.05) is 37.0 Å². The lowest BCUT2D eigenvalue weighted by molar-refractivity contribution is 0.208. The fourth-order valence-electron chi connectivity index (χ4n) is 3.61. The zero-order chi connectivity index (χ0) is 18.6. The van der Waals surface area contributed by atoms with Crippen molar-refractivity contribution in [1.82, 2.24) is 4.57 Å². The fourth-order valence-corrected chi connectivity index (χ4v) is 4.63. The van der Waals surface area contributed by atoms with Crippen molar-refractivity contribution in [2.24, 2.45) is 13.0 Å². The molecule has 0 radical (unpaired) electrons. The van der Waals surface area contributed by atoms with E-state index >= 15 is 0 Å². The van der Waals surface area contributed by atoms with Gasteiger partial charge < -0.3 is 9.30 Å². The molecule has 0 saturated heterocycles. The number of hydrogen-bond acceptors (Lipinski definition) is 4. The van der Waals surface area contributed by atoms with Crippen LogP contribution in [0.2, 0.25) is 5.02 Å². The van der Waals surface area contributed by atoms with Crippen molar-refractivity contribution in [3.8, 4) is 16.9 Å². The Morgan fingerprint density at radius 3 is 2.62 bits per heavy atom. The molecule has 2 heterocycles. The Kier molecular flexibility index (Phi) is 4.15. The largest absolute Gasteiger partial charge is 0.489 e. The maximum absolute atomic E-state index is 11.9. The number of pyridine rings is 1. The van der Waals surface area contributed by atoms with Crippen LogP contribution in [0.4, 0.5) is 0 Å². The molecule has 2 aliphatic rings. The zero-order valence-corrected chi connectivity index (χ0v) is 16.2. The van der Waals surface area contributed by atoms with Crippen molar-refractivity contribution in [2.75, 3.05) is 6.26 Å². The van der Waals surface area contributed by atoms with Crippen LogP contribution in [-0.4, -0.2) is 25.3 Å². The average Bonchev–Trinajstić information content (AvgIpc) is 3.29. The van der Waals surface area contributed by atoms with E-state index < -0.39 is 9.84 Å². The first-order chi connectivity index (χ1) is 12.2. The Morgan fingerprint density at radius 1 is 1.27 bits per heavy atom. The Bertz CT molecular complexity index is 1030. The van der Waals surface area contributed by atoms with Crippen molar-refractivity contribution in [3.05, 3.63) is 50.9 Å². The van der Waals surface area contributed by atoms with Gasteiger partial charge in [0.1, 0.15) is 16.9 Å². The molecule has 138 valence electrons. The van der Waals surface area contributed by atoms with Gasteiger partial charge in [-0.1, -0.05) is 17.7 Å². The molecule has 2 aromatic rings. The highest BCUT2D eigenvalue weighted by Crippen LogP contribution is 2.46. The van der Waals surface area contributed by atoms with Crippen LogP contribution in [0.3, 0.4) is 0 Å². The number of sulfone groups is 1. The number of rotatable bonds is 4. The second-order valence-electron chi connectivity index (χ2n) is 7.39. The Balaban J connectivity index is 1.86.